The third-order valence-corrected chi connectivity index (χ3v) is 5.26. The molecule has 0 saturated carbocycles. The predicted octanol–water partition coefficient (Wildman–Crippen LogP) is 4.03. The zero-order valence-electron chi connectivity index (χ0n) is 15.1. The monoisotopic (exact) mass is 418 g/mol. The van der Waals surface area contributed by atoms with Crippen molar-refractivity contribution in [1.82, 2.24) is 0 Å². The Morgan fingerprint density at radius 1 is 0.931 bits per heavy atom. The Balaban J connectivity index is 1.75. The lowest BCUT2D eigenvalue weighted by molar-refractivity contribution is 0.102. The summed E-state index contributed by atoms with van der Waals surface area (Å²) >= 11 is 0. The largest absolute Gasteiger partial charge is 0.495 e. The number of rotatable bonds is 6. The molecule has 0 spiro atoms. The number of sulfonamides is 1. The quantitative estimate of drug-likeness (QED) is 0.633. The lowest BCUT2D eigenvalue weighted by Gasteiger charge is -2.11. The Kier molecular flexibility index (Phi) is 5.79. The number of benzene rings is 3. The fourth-order valence-corrected chi connectivity index (χ4v) is 3.63. The van der Waals surface area contributed by atoms with Crippen molar-refractivity contribution in [2.75, 3.05) is 17.1 Å². The van der Waals surface area contributed by atoms with E-state index in [4.69, 9.17) is 4.74 Å². The number of carbonyl (C=O) groups excluding carboxylic acids is 1. The molecule has 0 saturated heterocycles. The highest BCUT2D eigenvalue weighted by atomic mass is 32.2. The van der Waals surface area contributed by atoms with Gasteiger partial charge in [-0.3, -0.25) is 9.52 Å². The van der Waals surface area contributed by atoms with Crippen LogP contribution in [0, 0.1) is 11.6 Å². The zero-order chi connectivity index (χ0) is 21.0. The number of carbonyl (C=O) groups is 1. The number of ether oxygens (including phenoxy) is 1. The Morgan fingerprint density at radius 3 is 2.17 bits per heavy atom. The van der Waals surface area contributed by atoms with Crippen molar-refractivity contribution in [3.05, 3.63) is 83.9 Å². The third kappa shape index (κ3) is 4.88. The second-order valence-electron chi connectivity index (χ2n) is 5.94. The van der Waals surface area contributed by atoms with Crippen molar-refractivity contribution in [2.45, 2.75) is 4.90 Å². The van der Waals surface area contributed by atoms with E-state index >= 15 is 0 Å². The summed E-state index contributed by atoms with van der Waals surface area (Å²) in [6.45, 7) is 0. The molecule has 0 aliphatic rings. The van der Waals surface area contributed by atoms with Gasteiger partial charge in [0.1, 0.15) is 17.4 Å². The first-order valence-corrected chi connectivity index (χ1v) is 9.80. The van der Waals surface area contributed by atoms with Crippen LogP contribution in [0.4, 0.5) is 20.2 Å². The Labute approximate surface area is 166 Å². The maximum atomic E-state index is 13.3. The highest BCUT2D eigenvalue weighted by Crippen LogP contribution is 2.24. The molecule has 0 radical (unpaired) electrons. The van der Waals surface area contributed by atoms with Crippen molar-refractivity contribution in [3.63, 3.8) is 0 Å². The third-order valence-electron chi connectivity index (χ3n) is 3.90. The van der Waals surface area contributed by atoms with Gasteiger partial charge in [0.15, 0.2) is 0 Å². The summed E-state index contributed by atoms with van der Waals surface area (Å²) in [5.74, 6) is -1.94. The first kappa shape index (κ1) is 20.3. The minimum atomic E-state index is -4.20. The highest BCUT2D eigenvalue weighted by Gasteiger charge is 2.17. The van der Waals surface area contributed by atoms with Gasteiger partial charge in [-0.15, -0.1) is 0 Å². The van der Waals surface area contributed by atoms with E-state index in [-0.39, 0.29) is 11.3 Å². The van der Waals surface area contributed by atoms with E-state index in [2.05, 4.69) is 10.0 Å². The predicted molar refractivity (Wildman–Crippen MR) is 105 cm³/mol. The number of methoxy groups -OCH3 is 1. The average Bonchev–Trinajstić information content (AvgIpc) is 2.68. The molecule has 0 atom stereocenters. The minimum Gasteiger partial charge on any atom is -0.495 e. The molecule has 0 aliphatic carbocycles. The van der Waals surface area contributed by atoms with Gasteiger partial charge in [0.2, 0.25) is 0 Å². The van der Waals surface area contributed by atoms with Crippen LogP contribution in [0.3, 0.4) is 0 Å². The second kappa shape index (κ2) is 8.27. The molecule has 0 aliphatic heterocycles. The van der Waals surface area contributed by atoms with Gasteiger partial charge in [0, 0.05) is 17.3 Å². The number of halogens is 2. The van der Waals surface area contributed by atoms with Crippen LogP contribution in [0.2, 0.25) is 0 Å². The summed E-state index contributed by atoms with van der Waals surface area (Å²) < 4.78 is 58.6. The summed E-state index contributed by atoms with van der Waals surface area (Å²) in [6, 6.07) is 14.4. The van der Waals surface area contributed by atoms with Gasteiger partial charge in [-0.1, -0.05) is 12.1 Å². The van der Waals surface area contributed by atoms with Gasteiger partial charge in [-0.05, 0) is 48.5 Å². The van der Waals surface area contributed by atoms with Crippen LogP contribution in [-0.4, -0.2) is 21.4 Å². The Hall–Kier alpha value is -3.46. The van der Waals surface area contributed by atoms with Crippen LogP contribution >= 0.6 is 0 Å². The molecule has 0 bridgehead atoms. The van der Waals surface area contributed by atoms with E-state index in [1.54, 1.807) is 24.3 Å². The van der Waals surface area contributed by atoms with Crippen LogP contribution in [0.25, 0.3) is 0 Å². The van der Waals surface area contributed by atoms with Crippen molar-refractivity contribution in [1.29, 1.82) is 0 Å². The summed E-state index contributed by atoms with van der Waals surface area (Å²) in [5, 5.41) is 2.70. The highest BCUT2D eigenvalue weighted by molar-refractivity contribution is 7.92. The molecule has 6 nitrogen and oxygen atoms in total. The fraction of sp³-hybridized carbons (Fsp3) is 0.0500. The van der Waals surface area contributed by atoms with E-state index in [0.717, 1.165) is 0 Å². The molecule has 29 heavy (non-hydrogen) atoms. The molecule has 9 heteroatoms. The SMILES string of the molecule is COc1ccccc1NC(=O)c1ccc(NS(=O)(=O)c2cc(F)cc(F)c2)cc1. The molecule has 3 aromatic rings. The maximum absolute atomic E-state index is 13.3. The van der Waals surface area contributed by atoms with Gasteiger partial charge in [0.05, 0.1) is 17.7 Å². The molecule has 2 N–H and O–H groups in total. The van der Waals surface area contributed by atoms with Gasteiger partial charge in [0.25, 0.3) is 15.9 Å². The first-order chi connectivity index (χ1) is 13.8. The normalized spacial score (nSPS) is 11.0. The number of hydrogen-bond acceptors (Lipinski definition) is 4. The molecular weight excluding hydrogens is 402 g/mol. The molecule has 3 aromatic carbocycles. The molecule has 1 amide bonds. The number of amides is 1. The summed E-state index contributed by atoms with van der Waals surface area (Å²) in [5.41, 5.74) is 0.886. The van der Waals surface area contributed by atoms with E-state index < -0.39 is 32.5 Å². The van der Waals surface area contributed by atoms with E-state index in [9.17, 15) is 22.0 Å². The lowest BCUT2D eigenvalue weighted by Crippen LogP contribution is -2.15. The molecule has 0 heterocycles. The molecule has 0 unspecified atom stereocenters. The number of nitrogens with one attached hydrogen (secondary N) is 2. The lowest BCUT2D eigenvalue weighted by atomic mass is 10.2. The van der Waals surface area contributed by atoms with Crippen LogP contribution in [0.1, 0.15) is 10.4 Å². The van der Waals surface area contributed by atoms with Crippen LogP contribution in [0.15, 0.2) is 71.6 Å². The van der Waals surface area contributed by atoms with Gasteiger partial charge in [-0.2, -0.15) is 0 Å². The zero-order valence-corrected chi connectivity index (χ0v) is 16.0. The van der Waals surface area contributed by atoms with Crippen molar-refractivity contribution >= 4 is 27.3 Å². The number of para-hydroxylation sites is 2. The minimum absolute atomic E-state index is 0.128. The van der Waals surface area contributed by atoms with Crippen molar-refractivity contribution in [2.24, 2.45) is 0 Å². The summed E-state index contributed by atoms with van der Waals surface area (Å²) in [6.07, 6.45) is 0. The van der Waals surface area contributed by atoms with E-state index in [1.807, 2.05) is 0 Å². The molecule has 0 aromatic heterocycles. The smallest absolute Gasteiger partial charge is 0.262 e. The van der Waals surface area contributed by atoms with Gasteiger partial charge >= 0.3 is 0 Å². The summed E-state index contributed by atoms with van der Waals surface area (Å²) in [7, 11) is -2.71. The van der Waals surface area contributed by atoms with Crippen molar-refractivity contribution < 1.29 is 26.7 Å². The van der Waals surface area contributed by atoms with Crippen LogP contribution < -0.4 is 14.8 Å². The van der Waals surface area contributed by atoms with Crippen molar-refractivity contribution in [3.8, 4) is 5.75 Å². The molecule has 150 valence electrons. The first-order valence-electron chi connectivity index (χ1n) is 8.32. The van der Waals surface area contributed by atoms with Crippen LogP contribution in [-0.2, 0) is 10.0 Å². The second-order valence-corrected chi connectivity index (χ2v) is 7.62. The summed E-state index contributed by atoms with van der Waals surface area (Å²) in [4.78, 5) is 11.8. The molecule has 3 rings (SSSR count). The van der Waals surface area contributed by atoms with E-state index in [0.29, 0.717) is 29.6 Å². The number of hydrogen-bond donors (Lipinski definition) is 2. The Morgan fingerprint density at radius 2 is 1.55 bits per heavy atom. The van der Waals surface area contributed by atoms with Crippen LogP contribution in [0.5, 0.6) is 5.75 Å². The topological polar surface area (TPSA) is 84.5 Å². The number of anilines is 2. The van der Waals surface area contributed by atoms with E-state index in [1.165, 1.54) is 31.4 Å². The molecular formula is C20H16F2N2O4S. The Bertz CT molecular complexity index is 1130. The molecule has 0 fully saturated rings. The average molecular weight is 418 g/mol. The maximum Gasteiger partial charge on any atom is 0.262 e. The standard InChI is InChI=1S/C20H16F2N2O4S/c1-28-19-5-3-2-4-18(19)23-20(25)13-6-8-16(9-7-13)24-29(26,27)17-11-14(21)10-15(22)12-17/h2-12,24H,1H3,(H,23,25). The van der Waals surface area contributed by atoms with Gasteiger partial charge in [-0.25, -0.2) is 17.2 Å². The van der Waals surface area contributed by atoms with Gasteiger partial charge < -0.3 is 10.1 Å². The fourth-order valence-electron chi connectivity index (χ4n) is 2.53.